The molecule has 20 heavy (non-hydrogen) atoms. The average Bonchev–Trinajstić information content (AvgIpc) is 2.82. The second-order valence-corrected chi connectivity index (χ2v) is 5.56. The molecule has 1 fully saturated rings. The van der Waals surface area contributed by atoms with Crippen LogP contribution >= 0.6 is 11.8 Å². The van der Waals surface area contributed by atoms with Crippen LogP contribution in [0, 0.1) is 0 Å². The van der Waals surface area contributed by atoms with Crippen LogP contribution in [0.2, 0.25) is 0 Å². The highest BCUT2D eigenvalue weighted by Gasteiger charge is 2.26. The maximum atomic E-state index is 11.7. The van der Waals surface area contributed by atoms with Gasteiger partial charge in [-0.3, -0.25) is 9.63 Å². The van der Waals surface area contributed by atoms with Gasteiger partial charge in [-0.05, 0) is 24.5 Å². The van der Waals surface area contributed by atoms with Gasteiger partial charge in [-0.1, -0.05) is 12.8 Å². The van der Waals surface area contributed by atoms with Gasteiger partial charge in [0.25, 0.3) is 5.91 Å². The predicted octanol–water partition coefficient (Wildman–Crippen LogP) is 1.57. The molecular formula is C13H18ClN5O. The van der Waals surface area contributed by atoms with Crippen LogP contribution in [-0.2, 0) is 6.54 Å². The highest BCUT2D eigenvalue weighted by Crippen LogP contribution is 2.28. The number of nitrogens with one attached hydrogen (secondary N) is 3. The van der Waals surface area contributed by atoms with E-state index in [2.05, 4.69) is 20.5 Å². The summed E-state index contributed by atoms with van der Waals surface area (Å²) in [7, 11) is 0. The number of pyridine rings is 1. The number of hydrogen-bond donors (Lipinski definition) is 4. The summed E-state index contributed by atoms with van der Waals surface area (Å²) in [4.78, 5) is 18.6. The molecule has 0 aromatic carbocycles. The zero-order chi connectivity index (χ0) is 14.1. The van der Waals surface area contributed by atoms with E-state index >= 15 is 0 Å². The molecule has 2 atom stereocenters. The molecule has 0 bridgehead atoms. The SMILES string of the molecule is N[C@H]1CCCC[C@H]1Nc1cc2c(c(NCl)n1)C(=O)NC2. The Morgan fingerprint density at radius 1 is 1.40 bits per heavy atom. The Hall–Kier alpha value is -1.53. The lowest BCUT2D eigenvalue weighted by Gasteiger charge is -2.29. The average molecular weight is 296 g/mol. The summed E-state index contributed by atoms with van der Waals surface area (Å²) in [5.41, 5.74) is 7.56. The van der Waals surface area contributed by atoms with Gasteiger partial charge in [0.15, 0.2) is 5.82 Å². The quantitative estimate of drug-likeness (QED) is 0.635. The van der Waals surface area contributed by atoms with Gasteiger partial charge >= 0.3 is 0 Å². The number of fused-ring (bicyclic) bond motifs is 1. The van der Waals surface area contributed by atoms with Crippen molar-refractivity contribution in [2.45, 2.75) is 44.3 Å². The summed E-state index contributed by atoms with van der Waals surface area (Å²) < 4.78 is 0. The molecule has 0 radical (unpaired) electrons. The summed E-state index contributed by atoms with van der Waals surface area (Å²) in [5, 5.41) is 6.15. The number of aromatic nitrogens is 1. The number of halogens is 1. The van der Waals surface area contributed by atoms with Crippen LogP contribution in [0.25, 0.3) is 0 Å². The number of nitrogens with zero attached hydrogens (tertiary/aromatic N) is 1. The van der Waals surface area contributed by atoms with Crippen molar-refractivity contribution < 1.29 is 4.79 Å². The first-order valence-corrected chi connectivity index (χ1v) is 7.27. The van der Waals surface area contributed by atoms with Crippen molar-refractivity contribution in [3.05, 3.63) is 17.2 Å². The van der Waals surface area contributed by atoms with E-state index in [1.165, 1.54) is 12.8 Å². The minimum Gasteiger partial charge on any atom is -0.366 e. The maximum absolute atomic E-state index is 11.7. The fourth-order valence-electron chi connectivity index (χ4n) is 2.93. The van der Waals surface area contributed by atoms with Gasteiger partial charge in [0, 0.05) is 30.4 Å². The standard InChI is InChI=1S/C13H18ClN5O/c14-19-12-11-7(6-16-13(11)20)5-10(18-12)17-9-4-2-1-3-8(9)15/h5,8-9H,1-4,6,15H2,(H,16,20)(H2,17,18,19)/t8-,9+/m0/s1. The summed E-state index contributed by atoms with van der Waals surface area (Å²) in [6.45, 7) is 0.508. The molecule has 1 aliphatic heterocycles. The molecule has 6 nitrogen and oxygen atoms in total. The molecule has 0 unspecified atom stereocenters. The first-order valence-electron chi connectivity index (χ1n) is 6.90. The van der Waals surface area contributed by atoms with E-state index in [9.17, 15) is 4.79 Å². The van der Waals surface area contributed by atoms with Crippen molar-refractivity contribution in [3.63, 3.8) is 0 Å². The smallest absolute Gasteiger partial charge is 0.255 e. The van der Waals surface area contributed by atoms with Crippen LogP contribution < -0.4 is 21.2 Å². The van der Waals surface area contributed by atoms with Crippen molar-refractivity contribution in [2.24, 2.45) is 5.73 Å². The van der Waals surface area contributed by atoms with Crippen LogP contribution in [-0.4, -0.2) is 23.0 Å². The normalized spacial score (nSPS) is 25.0. The molecule has 1 aromatic rings. The lowest BCUT2D eigenvalue weighted by atomic mass is 9.91. The topological polar surface area (TPSA) is 92.1 Å². The lowest BCUT2D eigenvalue weighted by molar-refractivity contribution is 0.0966. The van der Waals surface area contributed by atoms with Gasteiger partial charge in [0.2, 0.25) is 0 Å². The van der Waals surface area contributed by atoms with E-state index in [0.29, 0.717) is 23.7 Å². The van der Waals surface area contributed by atoms with Crippen molar-refractivity contribution in [2.75, 3.05) is 10.2 Å². The van der Waals surface area contributed by atoms with E-state index in [1.54, 1.807) is 0 Å². The maximum Gasteiger partial charge on any atom is 0.255 e. The van der Waals surface area contributed by atoms with E-state index in [1.807, 2.05) is 6.07 Å². The Bertz CT molecular complexity index is 536. The van der Waals surface area contributed by atoms with Crippen molar-refractivity contribution in [1.82, 2.24) is 10.3 Å². The third kappa shape index (κ3) is 2.41. The fraction of sp³-hybridized carbons (Fsp3) is 0.538. The first-order chi connectivity index (χ1) is 9.69. The Morgan fingerprint density at radius 2 is 2.20 bits per heavy atom. The third-order valence-corrected chi connectivity index (χ3v) is 4.19. The van der Waals surface area contributed by atoms with Crippen LogP contribution in [0.3, 0.4) is 0 Å². The summed E-state index contributed by atoms with van der Waals surface area (Å²) in [5.74, 6) is 0.966. The lowest BCUT2D eigenvalue weighted by Crippen LogP contribution is -2.42. The largest absolute Gasteiger partial charge is 0.366 e. The second-order valence-electron chi connectivity index (χ2n) is 5.37. The Kier molecular flexibility index (Phi) is 3.67. The molecule has 5 N–H and O–H groups in total. The molecule has 108 valence electrons. The number of carbonyl (C=O) groups excluding carboxylic acids is 1. The van der Waals surface area contributed by atoms with E-state index in [0.717, 1.165) is 18.4 Å². The monoisotopic (exact) mass is 295 g/mol. The second kappa shape index (κ2) is 5.46. The van der Waals surface area contributed by atoms with E-state index in [-0.39, 0.29) is 18.0 Å². The minimum atomic E-state index is -0.142. The zero-order valence-electron chi connectivity index (χ0n) is 11.1. The van der Waals surface area contributed by atoms with Gasteiger partial charge in [0.05, 0.1) is 5.56 Å². The van der Waals surface area contributed by atoms with Gasteiger partial charge in [-0.2, -0.15) is 0 Å². The first kappa shape index (κ1) is 13.5. The number of amides is 1. The number of nitrogens with two attached hydrogens (primary N) is 1. The summed E-state index contributed by atoms with van der Waals surface area (Å²) >= 11 is 5.67. The Morgan fingerprint density at radius 3 is 2.95 bits per heavy atom. The molecule has 1 saturated carbocycles. The molecule has 2 heterocycles. The molecule has 2 aliphatic rings. The Labute approximate surface area is 122 Å². The van der Waals surface area contributed by atoms with Crippen LogP contribution in [0.5, 0.6) is 0 Å². The van der Waals surface area contributed by atoms with E-state index in [4.69, 9.17) is 17.5 Å². The van der Waals surface area contributed by atoms with Gasteiger partial charge < -0.3 is 16.4 Å². The van der Waals surface area contributed by atoms with Crippen molar-refractivity contribution in [1.29, 1.82) is 0 Å². The minimum absolute atomic E-state index is 0.142. The number of carbonyl (C=O) groups is 1. The molecule has 0 saturated heterocycles. The van der Waals surface area contributed by atoms with Gasteiger partial charge in [-0.25, -0.2) is 4.98 Å². The Balaban J connectivity index is 1.85. The molecule has 1 aromatic heterocycles. The highest BCUT2D eigenvalue weighted by molar-refractivity contribution is 6.25. The molecule has 0 spiro atoms. The summed E-state index contributed by atoms with van der Waals surface area (Å²) in [6, 6.07) is 2.26. The van der Waals surface area contributed by atoms with E-state index < -0.39 is 0 Å². The van der Waals surface area contributed by atoms with Gasteiger partial charge in [0.1, 0.15) is 5.82 Å². The van der Waals surface area contributed by atoms with Crippen LogP contribution in [0.4, 0.5) is 11.6 Å². The molecule has 1 amide bonds. The predicted molar refractivity (Wildman–Crippen MR) is 78.7 cm³/mol. The number of hydrogen-bond acceptors (Lipinski definition) is 5. The molecular weight excluding hydrogens is 278 g/mol. The molecule has 3 rings (SSSR count). The zero-order valence-corrected chi connectivity index (χ0v) is 11.8. The van der Waals surface area contributed by atoms with Gasteiger partial charge in [-0.15, -0.1) is 0 Å². The van der Waals surface area contributed by atoms with Crippen LogP contribution in [0.15, 0.2) is 6.07 Å². The van der Waals surface area contributed by atoms with Crippen LogP contribution in [0.1, 0.15) is 41.6 Å². The number of anilines is 2. The number of rotatable bonds is 3. The van der Waals surface area contributed by atoms with Crippen molar-refractivity contribution >= 4 is 29.3 Å². The fourth-order valence-corrected chi connectivity index (χ4v) is 3.06. The summed E-state index contributed by atoms with van der Waals surface area (Å²) in [6.07, 6.45) is 4.44. The highest BCUT2D eigenvalue weighted by atomic mass is 35.5. The third-order valence-electron chi connectivity index (χ3n) is 4.01. The molecule has 7 heteroatoms. The van der Waals surface area contributed by atoms with Crippen molar-refractivity contribution in [3.8, 4) is 0 Å². The molecule has 1 aliphatic carbocycles.